The second kappa shape index (κ2) is 5.62. The van der Waals surface area contributed by atoms with Gasteiger partial charge in [-0.25, -0.2) is 9.97 Å². The molecule has 1 rings (SSSR count). The first-order chi connectivity index (χ1) is 8.31. The summed E-state index contributed by atoms with van der Waals surface area (Å²) in [6, 6.07) is 1.67. The van der Waals surface area contributed by atoms with Gasteiger partial charge in [0.25, 0.3) is 5.91 Å². The fraction of sp³-hybridized carbons (Fsp3) is 0.462. The minimum Gasteiger partial charge on any atom is -0.351 e. The fourth-order valence-corrected chi connectivity index (χ4v) is 1.33. The van der Waals surface area contributed by atoms with E-state index in [0.717, 1.165) is 5.69 Å². The standard InChI is InChI=1S/C13H20N4O/c1-6-7-14-12-15-9(2)8-10(16-12)11(18)17-13(3,4)5/h6,8H,1,7H2,2-5H3,(H,17,18)(H,14,15,16). The molecule has 0 aromatic carbocycles. The molecule has 1 heterocycles. The quantitative estimate of drug-likeness (QED) is 0.799. The molecule has 0 saturated heterocycles. The molecule has 0 atom stereocenters. The smallest absolute Gasteiger partial charge is 0.270 e. The zero-order valence-corrected chi connectivity index (χ0v) is 11.4. The van der Waals surface area contributed by atoms with Crippen molar-refractivity contribution in [2.75, 3.05) is 11.9 Å². The monoisotopic (exact) mass is 248 g/mol. The van der Waals surface area contributed by atoms with Gasteiger partial charge in [-0.05, 0) is 33.8 Å². The van der Waals surface area contributed by atoms with Crippen molar-refractivity contribution in [1.29, 1.82) is 0 Å². The SMILES string of the molecule is C=CCNc1nc(C)cc(C(=O)NC(C)(C)C)n1. The van der Waals surface area contributed by atoms with Gasteiger partial charge in [0.1, 0.15) is 5.69 Å². The van der Waals surface area contributed by atoms with Gasteiger partial charge < -0.3 is 10.6 Å². The number of aromatic nitrogens is 2. The average molecular weight is 248 g/mol. The van der Waals surface area contributed by atoms with E-state index in [1.807, 2.05) is 27.7 Å². The van der Waals surface area contributed by atoms with Crippen LogP contribution in [0.3, 0.4) is 0 Å². The third-order valence-corrected chi connectivity index (χ3v) is 1.98. The van der Waals surface area contributed by atoms with Crippen LogP contribution in [0, 0.1) is 6.92 Å². The fourth-order valence-electron chi connectivity index (χ4n) is 1.33. The van der Waals surface area contributed by atoms with Crippen LogP contribution in [0.4, 0.5) is 5.95 Å². The van der Waals surface area contributed by atoms with E-state index in [4.69, 9.17) is 0 Å². The number of aryl methyl sites for hydroxylation is 1. The Morgan fingerprint density at radius 2 is 2.11 bits per heavy atom. The van der Waals surface area contributed by atoms with Crippen LogP contribution in [-0.4, -0.2) is 28.0 Å². The second-order valence-corrected chi connectivity index (χ2v) is 5.09. The molecule has 98 valence electrons. The molecule has 2 N–H and O–H groups in total. The molecule has 0 unspecified atom stereocenters. The Bertz CT molecular complexity index is 449. The Balaban J connectivity index is 2.91. The lowest BCUT2D eigenvalue weighted by Crippen LogP contribution is -2.41. The van der Waals surface area contributed by atoms with Crippen molar-refractivity contribution in [2.24, 2.45) is 0 Å². The molecule has 0 spiro atoms. The van der Waals surface area contributed by atoms with Gasteiger partial charge in [0, 0.05) is 17.8 Å². The Labute approximate surface area is 108 Å². The number of rotatable bonds is 4. The van der Waals surface area contributed by atoms with Crippen molar-refractivity contribution in [3.05, 3.63) is 30.1 Å². The van der Waals surface area contributed by atoms with Crippen LogP contribution in [0.5, 0.6) is 0 Å². The molecule has 0 bridgehead atoms. The Morgan fingerprint density at radius 3 is 2.67 bits per heavy atom. The zero-order valence-electron chi connectivity index (χ0n) is 11.4. The van der Waals surface area contributed by atoms with E-state index >= 15 is 0 Å². The topological polar surface area (TPSA) is 66.9 Å². The maximum atomic E-state index is 12.0. The van der Waals surface area contributed by atoms with Crippen molar-refractivity contribution in [3.63, 3.8) is 0 Å². The minimum atomic E-state index is -0.287. The summed E-state index contributed by atoms with van der Waals surface area (Å²) in [7, 11) is 0. The van der Waals surface area contributed by atoms with Gasteiger partial charge in [0.15, 0.2) is 0 Å². The first kappa shape index (κ1) is 14.2. The summed E-state index contributed by atoms with van der Waals surface area (Å²) in [6.45, 7) is 11.8. The first-order valence-electron chi connectivity index (χ1n) is 5.85. The van der Waals surface area contributed by atoms with Gasteiger partial charge in [0.2, 0.25) is 5.95 Å². The highest BCUT2D eigenvalue weighted by molar-refractivity contribution is 5.93. The van der Waals surface area contributed by atoms with Crippen molar-refractivity contribution in [2.45, 2.75) is 33.2 Å². The Hall–Kier alpha value is -1.91. The van der Waals surface area contributed by atoms with Crippen LogP contribution in [0.1, 0.15) is 37.0 Å². The van der Waals surface area contributed by atoms with Crippen molar-refractivity contribution in [3.8, 4) is 0 Å². The number of amides is 1. The summed E-state index contributed by atoms with van der Waals surface area (Å²) in [4.78, 5) is 20.4. The maximum Gasteiger partial charge on any atom is 0.270 e. The lowest BCUT2D eigenvalue weighted by molar-refractivity contribution is 0.0914. The normalized spacial score (nSPS) is 10.9. The third-order valence-electron chi connectivity index (χ3n) is 1.98. The Morgan fingerprint density at radius 1 is 1.44 bits per heavy atom. The second-order valence-electron chi connectivity index (χ2n) is 5.09. The van der Waals surface area contributed by atoms with E-state index in [-0.39, 0.29) is 11.4 Å². The lowest BCUT2D eigenvalue weighted by Gasteiger charge is -2.20. The highest BCUT2D eigenvalue weighted by atomic mass is 16.2. The van der Waals surface area contributed by atoms with Crippen molar-refractivity contribution >= 4 is 11.9 Å². The zero-order chi connectivity index (χ0) is 13.8. The molecular weight excluding hydrogens is 228 g/mol. The predicted molar refractivity (Wildman–Crippen MR) is 72.7 cm³/mol. The third kappa shape index (κ3) is 4.53. The van der Waals surface area contributed by atoms with Crippen LogP contribution >= 0.6 is 0 Å². The molecule has 18 heavy (non-hydrogen) atoms. The van der Waals surface area contributed by atoms with Gasteiger partial charge >= 0.3 is 0 Å². The van der Waals surface area contributed by atoms with Gasteiger partial charge in [-0.15, -0.1) is 6.58 Å². The number of anilines is 1. The van der Waals surface area contributed by atoms with Crippen molar-refractivity contribution < 1.29 is 4.79 Å². The number of hydrogen-bond acceptors (Lipinski definition) is 4. The molecule has 5 heteroatoms. The molecule has 1 amide bonds. The van der Waals surface area contributed by atoms with Crippen LogP contribution in [0.2, 0.25) is 0 Å². The molecule has 0 aliphatic carbocycles. The molecule has 0 aliphatic rings. The summed E-state index contributed by atoms with van der Waals surface area (Å²) in [6.07, 6.45) is 1.71. The van der Waals surface area contributed by atoms with E-state index in [0.29, 0.717) is 18.2 Å². The summed E-state index contributed by atoms with van der Waals surface area (Å²) >= 11 is 0. The molecule has 1 aromatic heterocycles. The molecule has 1 aromatic rings. The van der Waals surface area contributed by atoms with Gasteiger partial charge in [-0.2, -0.15) is 0 Å². The molecular formula is C13H20N4O. The van der Waals surface area contributed by atoms with Gasteiger partial charge in [-0.3, -0.25) is 4.79 Å². The molecule has 0 aliphatic heterocycles. The molecule has 0 saturated carbocycles. The van der Waals surface area contributed by atoms with Crippen LogP contribution in [0.25, 0.3) is 0 Å². The summed E-state index contributed by atoms with van der Waals surface area (Å²) < 4.78 is 0. The number of hydrogen-bond donors (Lipinski definition) is 2. The number of nitrogens with zero attached hydrogens (tertiary/aromatic N) is 2. The first-order valence-corrected chi connectivity index (χ1v) is 5.85. The van der Waals surface area contributed by atoms with E-state index in [1.54, 1.807) is 12.1 Å². The van der Waals surface area contributed by atoms with Gasteiger partial charge in [-0.1, -0.05) is 6.08 Å². The van der Waals surface area contributed by atoms with Gasteiger partial charge in [0.05, 0.1) is 0 Å². The van der Waals surface area contributed by atoms with E-state index in [2.05, 4.69) is 27.2 Å². The van der Waals surface area contributed by atoms with Crippen LogP contribution in [-0.2, 0) is 0 Å². The number of carbonyl (C=O) groups excluding carboxylic acids is 1. The highest BCUT2D eigenvalue weighted by Crippen LogP contribution is 2.07. The van der Waals surface area contributed by atoms with Crippen molar-refractivity contribution in [1.82, 2.24) is 15.3 Å². The summed E-state index contributed by atoms with van der Waals surface area (Å²) in [5, 5.41) is 5.84. The van der Waals surface area contributed by atoms with E-state index < -0.39 is 0 Å². The number of carbonyl (C=O) groups is 1. The molecule has 0 fully saturated rings. The molecule has 0 radical (unpaired) electrons. The summed E-state index contributed by atoms with van der Waals surface area (Å²) in [5.74, 6) is 0.239. The molecule has 5 nitrogen and oxygen atoms in total. The van der Waals surface area contributed by atoms with Crippen LogP contribution in [0.15, 0.2) is 18.7 Å². The minimum absolute atomic E-state index is 0.199. The van der Waals surface area contributed by atoms with E-state index in [1.165, 1.54) is 0 Å². The number of nitrogens with one attached hydrogen (secondary N) is 2. The summed E-state index contributed by atoms with van der Waals surface area (Å²) in [5.41, 5.74) is 0.824. The Kier molecular flexibility index (Phi) is 4.42. The van der Waals surface area contributed by atoms with Crippen LogP contribution < -0.4 is 10.6 Å². The maximum absolute atomic E-state index is 12.0. The van der Waals surface area contributed by atoms with E-state index in [9.17, 15) is 4.79 Å². The largest absolute Gasteiger partial charge is 0.351 e. The highest BCUT2D eigenvalue weighted by Gasteiger charge is 2.17. The average Bonchev–Trinajstić information content (AvgIpc) is 2.23. The lowest BCUT2D eigenvalue weighted by atomic mass is 10.1. The predicted octanol–water partition coefficient (Wildman–Crippen LogP) is 1.91.